The Labute approximate surface area is 165 Å². The van der Waals surface area contributed by atoms with Crippen LogP contribution in [0.1, 0.15) is 76.1 Å². The molecule has 142 valence electrons. The van der Waals surface area contributed by atoms with Crippen molar-refractivity contribution in [1.29, 1.82) is 0 Å². The number of benzene rings is 2. The average Bonchev–Trinajstić information content (AvgIpc) is 3.15. The van der Waals surface area contributed by atoms with Gasteiger partial charge >= 0.3 is 0 Å². The molecule has 4 atom stereocenters. The first kappa shape index (κ1) is 16.2. The van der Waals surface area contributed by atoms with Gasteiger partial charge < -0.3 is 4.90 Å². The van der Waals surface area contributed by atoms with Crippen molar-refractivity contribution in [1.82, 2.24) is 4.90 Å². The van der Waals surface area contributed by atoms with Crippen LogP contribution in [0.4, 0.5) is 5.69 Å². The maximum atomic E-state index is 9.91. The van der Waals surface area contributed by atoms with E-state index in [2.05, 4.69) is 79.1 Å². The lowest BCUT2D eigenvalue weighted by atomic mass is 9.81. The highest BCUT2D eigenvalue weighted by molar-refractivity contribution is 5.58. The van der Waals surface area contributed by atoms with Crippen molar-refractivity contribution in [3.8, 4) is 0 Å². The van der Waals surface area contributed by atoms with Gasteiger partial charge in [0.15, 0.2) is 0 Å². The Kier molecular flexibility index (Phi) is 4.00. The molecular weight excluding hydrogens is 328 g/mol. The Morgan fingerprint density at radius 2 is 1.56 bits per heavy atom. The zero-order valence-corrected chi connectivity index (χ0v) is 16.9. The molecular formula is C25H32N2. The molecule has 2 aromatic carbocycles. The molecule has 0 N–H and O–H groups in total. The summed E-state index contributed by atoms with van der Waals surface area (Å²) in [6, 6.07) is 17.6. The first-order valence-corrected chi connectivity index (χ1v) is 10.8. The van der Waals surface area contributed by atoms with Gasteiger partial charge in [0, 0.05) is 17.7 Å². The molecule has 2 nitrogen and oxygen atoms in total. The summed E-state index contributed by atoms with van der Waals surface area (Å²) in [5, 5.41) is 0. The molecule has 1 saturated heterocycles. The Morgan fingerprint density at radius 3 is 2.30 bits per heavy atom. The van der Waals surface area contributed by atoms with Crippen molar-refractivity contribution in [3.63, 3.8) is 0 Å². The van der Waals surface area contributed by atoms with E-state index in [1.54, 1.807) is 0 Å². The first-order valence-electron chi connectivity index (χ1n) is 11.3. The van der Waals surface area contributed by atoms with Crippen LogP contribution in [0, 0.1) is 12.8 Å². The smallest absolute Gasteiger partial charge is 0.0807 e. The van der Waals surface area contributed by atoms with Crippen LogP contribution in [0.15, 0.2) is 48.5 Å². The quantitative estimate of drug-likeness (QED) is 0.626. The summed E-state index contributed by atoms with van der Waals surface area (Å²) in [4.78, 5) is 5.13. The number of aryl methyl sites for hydroxylation is 1. The minimum absolute atomic E-state index is 0.216. The number of rotatable bonds is 2. The summed E-state index contributed by atoms with van der Waals surface area (Å²) in [5.74, 6) is 0.430. The molecule has 3 aliphatic rings. The third kappa shape index (κ3) is 2.56. The summed E-state index contributed by atoms with van der Waals surface area (Å²) in [5.41, 5.74) is 5.30. The van der Waals surface area contributed by atoms with E-state index in [1.165, 1.54) is 54.5 Å². The lowest BCUT2D eigenvalue weighted by Gasteiger charge is -2.38. The van der Waals surface area contributed by atoms with E-state index in [1.807, 2.05) is 0 Å². The van der Waals surface area contributed by atoms with Crippen LogP contribution in [0.2, 0.25) is 0 Å². The van der Waals surface area contributed by atoms with Gasteiger partial charge in [0.25, 0.3) is 0 Å². The van der Waals surface area contributed by atoms with Gasteiger partial charge in [0.2, 0.25) is 0 Å². The lowest BCUT2D eigenvalue weighted by molar-refractivity contribution is 0.0946. The van der Waals surface area contributed by atoms with Crippen LogP contribution in [-0.4, -0.2) is 17.1 Å². The molecule has 0 aromatic heterocycles. The molecule has 2 heterocycles. The SMILES string of the molecule is [2H]C1(C2CCCCC2)c2ccccc2C2[C@H](C)N(c3ccccc3C)C(C)N21. The number of anilines is 1. The van der Waals surface area contributed by atoms with E-state index >= 15 is 0 Å². The van der Waals surface area contributed by atoms with Gasteiger partial charge in [0.1, 0.15) is 0 Å². The Hall–Kier alpha value is -1.80. The van der Waals surface area contributed by atoms with Crippen LogP contribution >= 0.6 is 0 Å². The molecule has 2 aromatic rings. The average molecular weight is 362 g/mol. The van der Waals surface area contributed by atoms with Crippen molar-refractivity contribution < 1.29 is 1.37 Å². The highest BCUT2D eigenvalue weighted by Crippen LogP contribution is 2.56. The van der Waals surface area contributed by atoms with Crippen LogP contribution in [0.5, 0.6) is 0 Å². The van der Waals surface area contributed by atoms with Crippen LogP contribution in [-0.2, 0) is 0 Å². The fraction of sp³-hybridized carbons (Fsp3) is 0.520. The van der Waals surface area contributed by atoms with E-state index in [-0.39, 0.29) is 6.17 Å². The molecule has 0 spiro atoms. The molecule has 3 unspecified atom stereocenters. The Balaban J connectivity index is 1.64. The van der Waals surface area contributed by atoms with Gasteiger partial charge in [-0.2, -0.15) is 0 Å². The summed E-state index contributed by atoms with van der Waals surface area (Å²) >= 11 is 0. The van der Waals surface area contributed by atoms with Gasteiger partial charge in [-0.1, -0.05) is 61.7 Å². The molecule has 0 radical (unpaired) electrons. The predicted molar refractivity (Wildman–Crippen MR) is 113 cm³/mol. The van der Waals surface area contributed by atoms with E-state index in [0.29, 0.717) is 18.0 Å². The Bertz CT molecular complexity index is 874. The van der Waals surface area contributed by atoms with E-state index in [9.17, 15) is 1.37 Å². The second-order valence-corrected chi connectivity index (χ2v) is 8.73. The highest BCUT2D eigenvalue weighted by Gasteiger charge is 2.53. The zero-order valence-electron chi connectivity index (χ0n) is 17.9. The molecule has 5 rings (SSSR count). The number of hydrogen-bond donors (Lipinski definition) is 0. The molecule has 2 fully saturated rings. The topological polar surface area (TPSA) is 6.48 Å². The summed E-state index contributed by atoms with van der Waals surface area (Å²) in [6.07, 6.45) is 6.47. The molecule has 0 amide bonds. The maximum Gasteiger partial charge on any atom is 0.0807 e. The van der Waals surface area contributed by atoms with Gasteiger partial charge in [-0.3, -0.25) is 4.90 Å². The minimum Gasteiger partial charge on any atom is -0.351 e. The molecule has 2 aliphatic heterocycles. The van der Waals surface area contributed by atoms with Crippen molar-refractivity contribution in [2.45, 2.75) is 77.1 Å². The van der Waals surface area contributed by atoms with E-state index in [0.717, 1.165) is 0 Å². The summed E-state index contributed by atoms with van der Waals surface area (Å²) in [7, 11) is 0. The molecule has 1 aliphatic carbocycles. The van der Waals surface area contributed by atoms with Crippen LogP contribution in [0.3, 0.4) is 0 Å². The number of para-hydroxylation sites is 1. The second kappa shape index (κ2) is 6.67. The second-order valence-electron chi connectivity index (χ2n) is 8.73. The highest BCUT2D eigenvalue weighted by atomic mass is 15.5. The van der Waals surface area contributed by atoms with Crippen molar-refractivity contribution in [3.05, 3.63) is 65.2 Å². The van der Waals surface area contributed by atoms with Gasteiger partial charge in [0.05, 0.1) is 13.6 Å². The van der Waals surface area contributed by atoms with Crippen molar-refractivity contribution in [2.24, 2.45) is 5.92 Å². The standard InChI is InChI=1S/C25H32N2/c1-17-11-7-10-16-23(17)26-18(2)24-21-14-8-9-15-22(21)25(27(24)19(26)3)20-12-5-4-6-13-20/h7-11,14-16,18-20,24-25H,4-6,12-13H2,1-3H3/t18-,19?,24?,25?/m0/s1/i25D. The van der Waals surface area contributed by atoms with Crippen molar-refractivity contribution in [2.75, 3.05) is 4.90 Å². The number of hydrogen-bond acceptors (Lipinski definition) is 2. The minimum atomic E-state index is -0.604. The van der Waals surface area contributed by atoms with Gasteiger partial charge in [-0.05, 0) is 62.3 Å². The molecule has 2 heteroatoms. The third-order valence-electron chi connectivity index (χ3n) is 7.22. The van der Waals surface area contributed by atoms with Gasteiger partial charge in [-0.25, -0.2) is 0 Å². The Morgan fingerprint density at radius 1 is 0.889 bits per heavy atom. The molecule has 1 saturated carbocycles. The molecule has 27 heavy (non-hydrogen) atoms. The van der Waals surface area contributed by atoms with Crippen molar-refractivity contribution >= 4 is 5.69 Å². The lowest BCUT2D eigenvalue weighted by Crippen LogP contribution is -2.41. The number of fused-ring (bicyclic) bond motifs is 3. The predicted octanol–water partition coefficient (Wildman–Crippen LogP) is 6.23. The first-order chi connectivity index (χ1) is 13.5. The van der Waals surface area contributed by atoms with Crippen LogP contribution < -0.4 is 4.90 Å². The largest absolute Gasteiger partial charge is 0.351 e. The fourth-order valence-electron chi connectivity index (χ4n) is 6.06. The normalized spacial score (nSPS) is 34.4. The monoisotopic (exact) mass is 361 g/mol. The summed E-state index contributed by atoms with van der Waals surface area (Å²) in [6.45, 7) is 6.89. The van der Waals surface area contributed by atoms with E-state index < -0.39 is 6.02 Å². The zero-order chi connectivity index (χ0) is 19.5. The maximum absolute atomic E-state index is 9.91. The molecule has 0 bridgehead atoms. The van der Waals surface area contributed by atoms with Gasteiger partial charge in [-0.15, -0.1) is 0 Å². The fourth-order valence-corrected chi connectivity index (χ4v) is 6.06. The van der Waals surface area contributed by atoms with Crippen LogP contribution in [0.25, 0.3) is 0 Å². The van der Waals surface area contributed by atoms with E-state index in [4.69, 9.17) is 0 Å². The number of nitrogens with zero attached hydrogens (tertiary/aromatic N) is 2. The summed E-state index contributed by atoms with van der Waals surface area (Å²) < 4.78 is 9.91. The third-order valence-corrected chi connectivity index (χ3v) is 7.22.